The van der Waals surface area contributed by atoms with Gasteiger partial charge in [0.05, 0.1) is 5.52 Å². The first-order valence-electron chi connectivity index (χ1n) is 8.96. The van der Waals surface area contributed by atoms with E-state index in [1.807, 2.05) is 48.5 Å². The minimum absolute atomic E-state index is 0.117. The smallest absolute Gasteiger partial charge is 0.162 e. The number of aryl methyl sites for hydroxylation is 1. The quantitative estimate of drug-likeness (QED) is 0.447. The fraction of sp³-hybridized carbons (Fsp3) is 0.130. The molecule has 0 bridgehead atoms. The van der Waals surface area contributed by atoms with Gasteiger partial charge >= 0.3 is 0 Å². The van der Waals surface area contributed by atoms with Crippen molar-refractivity contribution in [2.24, 2.45) is 0 Å². The highest BCUT2D eigenvalue weighted by atomic mass is 35.5. The molecule has 0 spiro atoms. The molecule has 4 aromatic rings. The standard InChI is InChI=1S/C23H20ClN3/c1-15-8-10-18(11-9-15)22-26-21-14-19(24)12-13-20(21)23(27-22)25-16(2)17-6-4-3-5-7-17/h3-14,16H,1-2H3,(H,25,26,27)/t16-/m0/s1. The van der Waals surface area contributed by atoms with Gasteiger partial charge in [-0.15, -0.1) is 0 Å². The van der Waals surface area contributed by atoms with E-state index in [0.717, 1.165) is 22.3 Å². The molecule has 0 aliphatic carbocycles. The normalized spacial score (nSPS) is 12.1. The number of hydrogen-bond donors (Lipinski definition) is 1. The first-order chi connectivity index (χ1) is 13.1. The summed E-state index contributed by atoms with van der Waals surface area (Å²) in [6.07, 6.45) is 0. The predicted molar refractivity (Wildman–Crippen MR) is 113 cm³/mol. The number of benzene rings is 3. The summed E-state index contributed by atoms with van der Waals surface area (Å²) in [4.78, 5) is 9.57. The predicted octanol–water partition coefficient (Wildman–Crippen LogP) is 6.43. The van der Waals surface area contributed by atoms with Crippen LogP contribution in [0.4, 0.5) is 5.82 Å². The Morgan fingerprint density at radius 1 is 0.889 bits per heavy atom. The van der Waals surface area contributed by atoms with Crippen LogP contribution in [0.1, 0.15) is 24.1 Å². The Kier molecular flexibility index (Phi) is 4.78. The first kappa shape index (κ1) is 17.5. The Morgan fingerprint density at radius 2 is 1.63 bits per heavy atom. The number of anilines is 1. The Balaban J connectivity index is 1.81. The maximum Gasteiger partial charge on any atom is 0.162 e. The molecule has 3 nitrogen and oxygen atoms in total. The Labute approximate surface area is 164 Å². The van der Waals surface area contributed by atoms with Crippen LogP contribution in [0.15, 0.2) is 72.8 Å². The monoisotopic (exact) mass is 373 g/mol. The van der Waals surface area contributed by atoms with Gasteiger partial charge in [0.1, 0.15) is 5.82 Å². The van der Waals surface area contributed by atoms with Gasteiger partial charge < -0.3 is 5.32 Å². The third-order valence-corrected chi connectivity index (χ3v) is 4.86. The second kappa shape index (κ2) is 7.37. The van der Waals surface area contributed by atoms with Crippen LogP contribution in [0.3, 0.4) is 0 Å². The Morgan fingerprint density at radius 3 is 2.37 bits per heavy atom. The summed E-state index contributed by atoms with van der Waals surface area (Å²) in [6, 6.07) is 24.4. The van der Waals surface area contributed by atoms with Gasteiger partial charge in [-0.1, -0.05) is 71.8 Å². The zero-order chi connectivity index (χ0) is 18.8. The molecule has 4 rings (SSSR count). The SMILES string of the molecule is Cc1ccc(-c2nc(N[C@@H](C)c3ccccc3)c3ccc(Cl)cc3n2)cc1. The molecule has 0 unspecified atom stereocenters. The molecular formula is C23H20ClN3. The lowest BCUT2D eigenvalue weighted by molar-refractivity contribution is 0.876. The van der Waals surface area contributed by atoms with E-state index in [-0.39, 0.29) is 6.04 Å². The molecule has 0 fully saturated rings. The summed E-state index contributed by atoms with van der Waals surface area (Å²) in [5.74, 6) is 1.50. The van der Waals surface area contributed by atoms with Crippen molar-refractivity contribution in [3.8, 4) is 11.4 Å². The van der Waals surface area contributed by atoms with Crippen LogP contribution in [-0.4, -0.2) is 9.97 Å². The molecule has 0 radical (unpaired) electrons. The fourth-order valence-corrected chi connectivity index (χ4v) is 3.24. The minimum Gasteiger partial charge on any atom is -0.363 e. The van der Waals surface area contributed by atoms with E-state index >= 15 is 0 Å². The number of nitrogens with one attached hydrogen (secondary N) is 1. The van der Waals surface area contributed by atoms with E-state index in [9.17, 15) is 0 Å². The molecular weight excluding hydrogens is 354 g/mol. The van der Waals surface area contributed by atoms with Crippen molar-refractivity contribution in [3.05, 3.63) is 88.9 Å². The lowest BCUT2D eigenvalue weighted by atomic mass is 10.1. The van der Waals surface area contributed by atoms with Crippen LogP contribution in [0.2, 0.25) is 5.02 Å². The van der Waals surface area contributed by atoms with Gasteiger partial charge in [-0.25, -0.2) is 9.97 Å². The number of rotatable bonds is 4. The van der Waals surface area contributed by atoms with Crippen LogP contribution in [0, 0.1) is 6.92 Å². The number of hydrogen-bond acceptors (Lipinski definition) is 3. The van der Waals surface area contributed by atoms with Gasteiger partial charge in [-0.05, 0) is 37.6 Å². The number of aromatic nitrogens is 2. The number of fused-ring (bicyclic) bond motifs is 1. The van der Waals surface area contributed by atoms with Gasteiger partial charge in [0.15, 0.2) is 5.82 Å². The lowest BCUT2D eigenvalue weighted by Crippen LogP contribution is -2.09. The average Bonchev–Trinajstić information content (AvgIpc) is 2.68. The van der Waals surface area contributed by atoms with E-state index in [4.69, 9.17) is 21.6 Å². The highest BCUT2D eigenvalue weighted by molar-refractivity contribution is 6.31. The molecule has 1 aromatic heterocycles. The van der Waals surface area contributed by atoms with E-state index in [1.54, 1.807) is 0 Å². The summed E-state index contributed by atoms with van der Waals surface area (Å²) in [5, 5.41) is 5.17. The molecule has 27 heavy (non-hydrogen) atoms. The highest BCUT2D eigenvalue weighted by Crippen LogP contribution is 2.29. The molecule has 0 saturated heterocycles. The van der Waals surface area contributed by atoms with Crippen molar-refractivity contribution in [1.82, 2.24) is 9.97 Å². The van der Waals surface area contributed by atoms with Crippen LogP contribution >= 0.6 is 11.6 Å². The third-order valence-electron chi connectivity index (χ3n) is 4.62. The van der Waals surface area contributed by atoms with E-state index < -0.39 is 0 Å². The minimum atomic E-state index is 0.117. The van der Waals surface area contributed by atoms with Gasteiger partial charge in [0.25, 0.3) is 0 Å². The molecule has 3 aromatic carbocycles. The van der Waals surface area contributed by atoms with Crippen LogP contribution in [-0.2, 0) is 0 Å². The van der Waals surface area contributed by atoms with Gasteiger partial charge in [0, 0.05) is 22.0 Å². The molecule has 1 N–H and O–H groups in total. The number of halogens is 1. The average molecular weight is 374 g/mol. The van der Waals surface area contributed by atoms with Crippen LogP contribution < -0.4 is 5.32 Å². The van der Waals surface area contributed by atoms with Crippen molar-refractivity contribution in [1.29, 1.82) is 0 Å². The molecule has 0 aliphatic rings. The second-order valence-corrected chi connectivity index (χ2v) is 7.14. The topological polar surface area (TPSA) is 37.8 Å². The fourth-order valence-electron chi connectivity index (χ4n) is 3.07. The van der Waals surface area contributed by atoms with Crippen molar-refractivity contribution in [3.63, 3.8) is 0 Å². The summed E-state index contributed by atoms with van der Waals surface area (Å²) < 4.78 is 0. The van der Waals surface area contributed by atoms with Crippen LogP contribution in [0.25, 0.3) is 22.3 Å². The zero-order valence-electron chi connectivity index (χ0n) is 15.3. The van der Waals surface area contributed by atoms with E-state index in [2.05, 4.69) is 43.4 Å². The Hall–Kier alpha value is -2.91. The van der Waals surface area contributed by atoms with Gasteiger partial charge in [-0.2, -0.15) is 0 Å². The van der Waals surface area contributed by atoms with Gasteiger partial charge in [-0.3, -0.25) is 0 Å². The van der Waals surface area contributed by atoms with E-state index in [1.165, 1.54) is 11.1 Å². The largest absolute Gasteiger partial charge is 0.363 e. The van der Waals surface area contributed by atoms with E-state index in [0.29, 0.717) is 10.8 Å². The summed E-state index contributed by atoms with van der Waals surface area (Å²) in [6.45, 7) is 4.20. The molecule has 1 heterocycles. The van der Waals surface area contributed by atoms with Crippen LogP contribution in [0.5, 0.6) is 0 Å². The summed E-state index contributed by atoms with van der Waals surface area (Å²) >= 11 is 6.21. The summed E-state index contributed by atoms with van der Waals surface area (Å²) in [5.41, 5.74) is 4.22. The van der Waals surface area contributed by atoms with Crippen molar-refractivity contribution in [2.75, 3.05) is 5.32 Å². The van der Waals surface area contributed by atoms with Crippen molar-refractivity contribution >= 4 is 28.3 Å². The third kappa shape index (κ3) is 3.79. The zero-order valence-corrected chi connectivity index (χ0v) is 16.0. The molecule has 0 saturated carbocycles. The highest BCUT2D eigenvalue weighted by Gasteiger charge is 2.13. The second-order valence-electron chi connectivity index (χ2n) is 6.70. The number of nitrogens with zero attached hydrogens (tertiary/aromatic N) is 2. The molecule has 0 aliphatic heterocycles. The summed E-state index contributed by atoms with van der Waals surface area (Å²) in [7, 11) is 0. The maximum atomic E-state index is 6.21. The molecule has 4 heteroatoms. The maximum absolute atomic E-state index is 6.21. The molecule has 1 atom stereocenters. The Bertz CT molecular complexity index is 1080. The molecule has 0 amide bonds. The molecule has 134 valence electrons. The van der Waals surface area contributed by atoms with Crippen molar-refractivity contribution in [2.45, 2.75) is 19.9 Å². The lowest BCUT2D eigenvalue weighted by Gasteiger charge is -2.17. The van der Waals surface area contributed by atoms with Gasteiger partial charge in [0.2, 0.25) is 0 Å². The first-order valence-corrected chi connectivity index (χ1v) is 9.34. The van der Waals surface area contributed by atoms with Crippen molar-refractivity contribution < 1.29 is 0 Å².